The maximum Gasteiger partial charge on any atom is 0.341 e. The van der Waals surface area contributed by atoms with Crippen molar-refractivity contribution in [1.29, 1.82) is 0 Å². The Balaban J connectivity index is 1.75. The highest BCUT2D eigenvalue weighted by Crippen LogP contribution is 2.36. The molecule has 1 aliphatic heterocycles. The molecule has 1 aliphatic rings. The van der Waals surface area contributed by atoms with Crippen molar-refractivity contribution >= 4 is 17.6 Å². The number of rotatable bonds is 6. The van der Waals surface area contributed by atoms with E-state index >= 15 is 0 Å². The number of esters is 1. The van der Waals surface area contributed by atoms with Crippen LogP contribution in [0.4, 0.5) is 5.69 Å². The first kappa shape index (κ1) is 23.5. The van der Waals surface area contributed by atoms with Crippen LogP contribution in [-0.2, 0) is 32.9 Å². The Morgan fingerprint density at radius 2 is 1.56 bits per heavy atom. The zero-order valence-electron chi connectivity index (χ0n) is 19.8. The van der Waals surface area contributed by atoms with Crippen LogP contribution in [0.3, 0.4) is 0 Å². The van der Waals surface area contributed by atoms with Crippen LogP contribution in [0.15, 0.2) is 78.9 Å². The van der Waals surface area contributed by atoms with E-state index in [1.165, 1.54) is 0 Å². The van der Waals surface area contributed by atoms with Crippen LogP contribution in [0.5, 0.6) is 5.75 Å². The van der Waals surface area contributed by atoms with Crippen molar-refractivity contribution in [3.8, 4) is 5.75 Å². The van der Waals surface area contributed by atoms with Crippen molar-refractivity contribution in [3.63, 3.8) is 0 Å². The molecule has 0 bridgehead atoms. The summed E-state index contributed by atoms with van der Waals surface area (Å²) in [4.78, 5) is 29.2. The maximum absolute atomic E-state index is 14.0. The average molecular weight is 459 g/mol. The molecule has 0 radical (unpaired) electrons. The highest BCUT2D eigenvalue weighted by Gasteiger charge is 2.51. The van der Waals surface area contributed by atoms with Crippen LogP contribution < -0.4 is 15.4 Å². The van der Waals surface area contributed by atoms with Gasteiger partial charge >= 0.3 is 5.97 Å². The number of amides is 1. The fraction of sp³-hybridized carbons (Fsp3) is 0.286. The molecule has 3 aromatic carbocycles. The molecule has 6 nitrogen and oxygen atoms in total. The molecule has 34 heavy (non-hydrogen) atoms. The summed E-state index contributed by atoms with van der Waals surface area (Å²) in [5.74, 6) is -0.992. The predicted molar refractivity (Wildman–Crippen MR) is 131 cm³/mol. The van der Waals surface area contributed by atoms with Crippen LogP contribution in [0.2, 0.25) is 0 Å². The predicted octanol–water partition coefficient (Wildman–Crippen LogP) is 4.35. The third-order valence-electron chi connectivity index (χ3n) is 5.74. The van der Waals surface area contributed by atoms with E-state index in [2.05, 4.69) is 0 Å². The number of benzene rings is 3. The summed E-state index contributed by atoms with van der Waals surface area (Å²) in [6.45, 7) is 5.95. The summed E-state index contributed by atoms with van der Waals surface area (Å²) in [6.07, 6.45) is 0.693. The van der Waals surface area contributed by atoms with Gasteiger partial charge in [-0.25, -0.2) is 4.79 Å². The lowest BCUT2D eigenvalue weighted by atomic mass is 9.88. The fourth-order valence-corrected chi connectivity index (χ4v) is 4.09. The molecular weight excluding hydrogens is 428 g/mol. The minimum Gasteiger partial charge on any atom is -0.489 e. The van der Waals surface area contributed by atoms with Gasteiger partial charge in [-0.05, 0) is 50.5 Å². The second-order valence-corrected chi connectivity index (χ2v) is 9.42. The van der Waals surface area contributed by atoms with Crippen molar-refractivity contribution in [2.24, 2.45) is 5.73 Å². The van der Waals surface area contributed by atoms with Gasteiger partial charge in [0.2, 0.25) is 5.54 Å². The number of anilines is 1. The number of carbonyl (C=O) groups excluding carboxylic acids is 2. The second-order valence-electron chi connectivity index (χ2n) is 9.42. The summed E-state index contributed by atoms with van der Waals surface area (Å²) in [5.41, 5.74) is 6.88. The van der Waals surface area contributed by atoms with E-state index in [9.17, 15) is 9.59 Å². The van der Waals surface area contributed by atoms with Gasteiger partial charge in [0.1, 0.15) is 18.0 Å². The number of para-hydroxylation sites is 2. The number of ether oxygens (including phenoxy) is 2. The van der Waals surface area contributed by atoms with Gasteiger partial charge in [0.15, 0.2) is 0 Å². The monoisotopic (exact) mass is 458 g/mol. The Morgan fingerprint density at radius 3 is 2.29 bits per heavy atom. The van der Waals surface area contributed by atoms with Crippen molar-refractivity contribution in [3.05, 3.63) is 95.6 Å². The summed E-state index contributed by atoms with van der Waals surface area (Å²) in [5, 5.41) is 0. The van der Waals surface area contributed by atoms with Gasteiger partial charge in [0.25, 0.3) is 5.91 Å². The average Bonchev–Trinajstić information content (AvgIpc) is 3.25. The van der Waals surface area contributed by atoms with E-state index in [0.717, 1.165) is 16.8 Å². The molecule has 0 fully saturated rings. The minimum absolute atomic E-state index is 0.267. The second kappa shape index (κ2) is 9.31. The molecule has 3 aromatic rings. The zero-order chi connectivity index (χ0) is 24.3. The first-order valence-electron chi connectivity index (χ1n) is 11.4. The van der Waals surface area contributed by atoms with Gasteiger partial charge in [-0.1, -0.05) is 66.7 Å². The molecule has 0 spiro atoms. The van der Waals surface area contributed by atoms with E-state index in [1.54, 1.807) is 49.9 Å². The van der Waals surface area contributed by atoms with E-state index in [4.69, 9.17) is 15.2 Å². The number of hydrogen-bond donors (Lipinski definition) is 1. The van der Waals surface area contributed by atoms with Crippen LogP contribution in [0, 0.1) is 0 Å². The molecule has 0 aromatic heterocycles. The number of hydrogen-bond acceptors (Lipinski definition) is 5. The van der Waals surface area contributed by atoms with Crippen LogP contribution in [0.25, 0.3) is 0 Å². The summed E-state index contributed by atoms with van der Waals surface area (Å²) in [6, 6.07) is 24.2. The molecular formula is C28H30N2O4. The lowest BCUT2D eigenvalue weighted by Crippen LogP contribution is -2.59. The van der Waals surface area contributed by atoms with E-state index in [-0.39, 0.29) is 12.2 Å². The van der Waals surface area contributed by atoms with Crippen molar-refractivity contribution < 1.29 is 19.1 Å². The lowest BCUT2D eigenvalue weighted by molar-refractivity contribution is -0.164. The van der Waals surface area contributed by atoms with Crippen molar-refractivity contribution in [1.82, 2.24) is 0 Å². The number of fused-ring (bicyclic) bond motifs is 1. The molecule has 1 atom stereocenters. The number of carbonyl (C=O) groups is 2. The Labute approximate surface area is 200 Å². The molecule has 1 heterocycles. The zero-order valence-corrected chi connectivity index (χ0v) is 19.8. The molecule has 1 amide bonds. The van der Waals surface area contributed by atoms with Gasteiger partial charge in [-0.3, -0.25) is 4.79 Å². The van der Waals surface area contributed by atoms with Gasteiger partial charge in [-0.2, -0.15) is 0 Å². The molecule has 0 aliphatic carbocycles. The summed E-state index contributed by atoms with van der Waals surface area (Å²) < 4.78 is 11.8. The topological polar surface area (TPSA) is 81.9 Å². The van der Waals surface area contributed by atoms with Gasteiger partial charge in [0.05, 0.1) is 0 Å². The third-order valence-corrected chi connectivity index (χ3v) is 5.74. The molecule has 4 rings (SSSR count). The molecule has 6 heteroatoms. The highest BCUT2D eigenvalue weighted by atomic mass is 16.6. The van der Waals surface area contributed by atoms with Crippen molar-refractivity contribution in [2.75, 3.05) is 11.4 Å². The molecule has 0 saturated carbocycles. The third kappa shape index (κ3) is 4.68. The first-order chi connectivity index (χ1) is 16.2. The van der Waals surface area contributed by atoms with Crippen LogP contribution in [0.1, 0.15) is 37.5 Å². The smallest absolute Gasteiger partial charge is 0.341 e. The Morgan fingerprint density at radius 1 is 0.912 bits per heavy atom. The van der Waals surface area contributed by atoms with Crippen LogP contribution in [-0.4, -0.2) is 24.0 Å². The van der Waals surface area contributed by atoms with Gasteiger partial charge in [0, 0.05) is 17.8 Å². The molecule has 176 valence electrons. The van der Waals surface area contributed by atoms with E-state index in [0.29, 0.717) is 18.7 Å². The van der Waals surface area contributed by atoms with E-state index < -0.39 is 23.0 Å². The lowest BCUT2D eigenvalue weighted by Gasteiger charge is -2.34. The van der Waals surface area contributed by atoms with Gasteiger partial charge in [-0.15, -0.1) is 0 Å². The Hall–Kier alpha value is -3.64. The quantitative estimate of drug-likeness (QED) is 0.439. The summed E-state index contributed by atoms with van der Waals surface area (Å²) >= 11 is 0. The normalized spacial score (nSPS) is 14.8. The largest absolute Gasteiger partial charge is 0.489 e. The summed E-state index contributed by atoms with van der Waals surface area (Å²) in [7, 11) is 0. The Bertz CT molecular complexity index is 1190. The van der Waals surface area contributed by atoms with Crippen molar-refractivity contribution in [2.45, 2.75) is 44.9 Å². The first-order valence-corrected chi connectivity index (χ1v) is 11.4. The van der Waals surface area contributed by atoms with Gasteiger partial charge < -0.3 is 20.1 Å². The maximum atomic E-state index is 14.0. The van der Waals surface area contributed by atoms with Crippen LogP contribution >= 0.6 is 0 Å². The highest BCUT2D eigenvalue weighted by molar-refractivity contribution is 6.15. The fourth-order valence-electron chi connectivity index (χ4n) is 4.09. The minimum atomic E-state index is -2.09. The molecule has 2 N–H and O–H groups in total. The molecule has 1 unspecified atom stereocenters. The number of nitrogens with two attached hydrogens (primary N) is 1. The standard InChI is InChI=1S/C28H30N2O4/c1-27(2,3)34-26(32)28(29,25(31)30-18-17-21-13-7-9-15-23(21)30)22-14-8-10-16-24(22)33-19-20-11-5-4-6-12-20/h4-16H,17-19,29H2,1-3H3. The Kier molecular flexibility index (Phi) is 6.44. The molecule has 0 saturated heterocycles. The SMILES string of the molecule is CC(C)(C)OC(=O)C(N)(C(=O)N1CCc2ccccc21)c1ccccc1OCc1ccccc1. The van der Waals surface area contributed by atoms with E-state index in [1.807, 2.05) is 54.6 Å². The number of nitrogens with zero attached hydrogens (tertiary/aromatic N) is 1.